The highest BCUT2D eigenvalue weighted by Gasteiger charge is 2.66. The van der Waals surface area contributed by atoms with E-state index in [1.807, 2.05) is 0 Å². The van der Waals surface area contributed by atoms with Crippen LogP contribution in [0.4, 0.5) is 0 Å². The van der Waals surface area contributed by atoms with Crippen molar-refractivity contribution in [2.24, 2.45) is 21.7 Å². The standard InChI is InChI=1S/C19H30O8.C17H24O8/c1-7-18(14(21)27-9-3)10-17(4,13(20)26-8-2)11-19(12-18,15(22)24-5)16(23)25-6;1-7-24-13(18)11(3)9-17(15(20)22-5,16(21)23-6)10-12(4)14(19)25-8-2/h7-12H2,1-6H3;3-4,7-10H2,1-2,5-6H3. The van der Waals surface area contributed by atoms with Crippen molar-refractivity contribution in [1.29, 1.82) is 0 Å². The maximum atomic E-state index is 12.9. The molecule has 0 spiro atoms. The predicted octanol–water partition coefficient (Wildman–Crippen LogP) is 3.37. The fourth-order valence-electron chi connectivity index (χ4n) is 6.38. The van der Waals surface area contributed by atoms with Crippen LogP contribution in [0, 0.1) is 21.7 Å². The molecule has 1 saturated carbocycles. The molecular formula is C36H54O16. The van der Waals surface area contributed by atoms with Gasteiger partial charge in [-0.05, 0) is 60.3 Å². The molecule has 0 aliphatic heterocycles. The highest BCUT2D eigenvalue weighted by atomic mass is 16.6. The number of rotatable bonds is 17. The first-order chi connectivity index (χ1) is 24.3. The Kier molecular flexibility index (Phi) is 19.0. The van der Waals surface area contributed by atoms with Crippen LogP contribution >= 0.6 is 0 Å². The van der Waals surface area contributed by atoms with Crippen LogP contribution < -0.4 is 0 Å². The molecule has 0 aromatic rings. The Labute approximate surface area is 304 Å². The molecule has 1 rings (SSSR count). The zero-order valence-electron chi connectivity index (χ0n) is 32.0. The minimum Gasteiger partial charge on any atom is -0.468 e. The van der Waals surface area contributed by atoms with Crippen LogP contribution in [-0.2, 0) is 76.3 Å². The van der Waals surface area contributed by atoms with Crippen molar-refractivity contribution in [1.82, 2.24) is 0 Å². The predicted molar refractivity (Wildman–Crippen MR) is 182 cm³/mol. The van der Waals surface area contributed by atoms with Gasteiger partial charge in [-0.15, -0.1) is 0 Å². The average molecular weight is 743 g/mol. The Morgan fingerprint density at radius 1 is 0.538 bits per heavy atom. The van der Waals surface area contributed by atoms with Crippen LogP contribution in [0.3, 0.4) is 0 Å². The Hall–Kier alpha value is -4.76. The lowest BCUT2D eigenvalue weighted by molar-refractivity contribution is -0.192. The second kappa shape index (κ2) is 20.9. The molecule has 0 heterocycles. The third kappa shape index (κ3) is 10.9. The van der Waals surface area contributed by atoms with Gasteiger partial charge in [-0.1, -0.05) is 20.1 Å². The van der Waals surface area contributed by atoms with Crippen molar-refractivity contribution >= 4 is 47.8 Å². The van der Waals surface area contributed by atoms with Gasteiger partial charge in [0.05, 0.1) is 65.7 Å². The molecule has 0 amide bonds. The second-order valence-electron chi connectivity index (χ2n) is 12.3. The maximum Gasteiger partial charge on any atom is 0.333 e. The summed E-state index contributed by atoms with van der Waals surface area (Å²) in [5, 5.41) is 0. The number of hydrogen-bond acceptors (Lipinski definition) is 16. The summed E-state index contributed by atoms with van der Waals surface area (Å²) in [5.74, 6) is -6.35. The molecule has 2 atom stereocenters. The summed E-state index contributed by atoms with van der Waals surface area (Å²) >= 11 is 0. The van der Waals surface area contributed by atoms with E-state index in [0.29, 0.717) is 0 Å². The molecule has 2 unspecified atom stereocenters. The Morgan fingerprint density at radius 2 is 0.923 bits per heavy atom. The summed E-state index contributed by atoms with van der Waals surface area (Å²) in [4.78, 5) is 99.4. The molecule has 16 nitrogen and oxygen atoms in total. The molecule has 0 radical (unpaired) electrons. The van der Waals surface area contributed by atoms with Crippen molar-refractivity contribution in [3.8, 4) is 0 Å². The summed E-state index contributed by atoms with van der Waals surface area (Å²) in [6.07, 6.45) is -0.851. The summed E-state index contributed by atoms with van der Waals surface area (Å²) in [7, 11) is 4.45. The van der Waals surface area contributed by atoms with Gasteiger partial charge in [0.25, 0.3) is 0 Å². The molecule has 0 aromatic carbocycles. The van der Waals surface area contributed by atoms with E-state index < -0.39 is 82.3 Å². The number of ether oxygens (including phenoxy) is 8. The van der Waals surface area contributed by atoms with E-state index in [-0.39, 0.29) is 63.3 Å². The van der Waals surface area contributed by atoms with Crippen molar-refractivity contribution in [2.75, 3.05) is 54.9 Å². The van der Waals surface area contributed by atoms with Gasteiger partial charge in [0.1, 0.15) is 0 Å². The van der Waals surface area contributed by atoms with E-state index in [0.717, 1.165) is 28.4 Å². The van der Waals surface area contributed by atoms with Crippen LogP contribution in [0.15, 0.2) is 24.3 Å². The third-order valence-electron chi connectivity index (χ3n) is 8.68. The van der Waals surface area contributed by atoms with Crippen LogP contribution in [-0.4, -0.2) is 103 Å². The van der Waals surface area contributed by atoms with Gasteiger partial charge in [0, 0.05) is 24.0 Å². The SMILES string of the molecule is C=C(CC(CC(=C)C(=O)OCC)(C(=O)OC)C(=O)OC)C(=O)OCC.CCOC(=O)C1(C)CC(CC)(C(=O)OCC)CC(C(=O)OC)(C(=O)OC)C1. The molecular weight excluding hydrogens is 688 g/mol. The van der Waals surface area contributed by atoms with E-state index in [4.69, 9.17) is 37.9 Å². The number of esters is 8. The van der Waals surface area contributed by atoms with E-state index in [2.05, 4.69) is 13.2 Å². The van der Waals surface area contributed by atoms with Gasteiger partial charge in [0.15, 0.2) is 10.8 Å². The topological polar surface area (TPSA) is 210 Å². The molecule has 0 saturated heterocycles. The van der Waals surface area contributed by atoms with Gasteiger partial charge in [-0.3, -0.25) is 28.8 Å². The first kappa shape index (κ1) is 47.2. The average Bonchev–Trinajstić information content (AvgIpc) is 3.12. The number of methoxy groups -OCH3 is 4. The van der Waals surface area contributed by atoms with Gasteiger partial charge in [-0.2, -0.15) is 0 Å². The summed E-state index contributed by atoms with van der Waals surface area (Å²) in [5.41, 5.74) is -6.58. The van der Waals surface area contributed by atoms with E-state index in [1.165, 1.54) is 0 Å². The largest absolute Gasteiger partial charge is 0.468 e. The van der Waals surface area contributed by atoms with E-state index >= 15 is 0 Å². The first-order valence-electron chi connectivity index (χ1n) is 16.7. The highest BCUT2D eigenvalue weighted by Crippen LogP contribution is 2.58. The summed E-state index contributed by atoms with van der Waals surface area (Å²) < 4.78 is 39.2. The molecule has 0 N–H and O–H groups in total. The van der Waals surface area contributed by atoms with Crippen molar-refractivity contribution in [3.63, 3.8) is 0 Å². The number of carbonyl (C=O) groups is 8. The minimum absolute atomic E-state index is 0.0941. The minimum atomic E-state index is -2.00. The van der Waals surface area contributed by atoms with Crippen molar-refractivity contribution in [2.45, 2.75) is 80.1 Å². The van der Waals surface area contributed by atoms with Gasteiger partial charge < -0.3 is 37.9 Å². The maximum absolute atomic E-state index is 12.9. The smallest absolute Gasteiger partial charge is 0.333 e. The normalized spacial score (nSPS) is 18.8. The lowest BCUT2D eigenvalue weighted by Gasteiger charge is -2.49. The second-order valence-corrected chi connectivity index (χ2v) is 12.3. The lowest BCUT2D eigenvalue weighted by Crippen LogP contribution is -2.57. The molecule has 0 bridgehead atoms. The fourth-order valence-corrected chi connectivity index (χ4v) is 6.38. The van der Waals surface area contributed by atoms with Crippen LogP contribution in [0.1, 0.15) is 80.1 Å². The van der Waals surface area contributed by atoms with Gasteiger partial charge >= 0.3 is 47.8 Å². The molecule has 52 heavy (non-hydrogen) atoms. The summed E-state index contributed by atoms with van der Waals surface area (Å²) in [6.45, 7) is 17.4. The lowest BCUT2D eigenvalue weighted by atomic mass is 9.52. The first-order valence-corrected chi connectivity index (χ1v) is 16.7. The van der Waals surface area contributed by atoms with E-state index in [1.54, 1.807) is 41.5 Å². The van der Waals surface area contributed by atoms with Gasteiger partial charge in [0.2, 0.25) is 0 Å². The Bertz CT molecular complexity index is 1300. The molecule has 16 heteroatoms. The van der Waals surface area contributed by atoms with E-state index in [9.17, 15) is 38.4 Å². The zero-order valence-corrected chi connectivity index (χ0v) is 32.0. The number of carbonyl (C=O) groups excluding carboxylic acids is 8. The highest BCUT2D eigenvalue weighted by molar-refractivity contribution is 6.04. The number of hydrogen-bond donors (Lipinski definition) is 0. The van der Waals surface area contributed by atoms with Crippen molar-refractivity contribution in [3.05, 3.63) is 24.3 Å². The summed E-state index contributed by atoms with van der Waals surface area (Å²) in [6, 6.07) is 0. The molecule has 0 aromatic heterocycles. The molecule has 294 valence electrons. The zero-order chi connectivity index (χ0) is 40.5. The molecule has 1 aliphatic rings. The van der Waals surface area contributed by atoms with Crippen LogP contribution in [0.2, 0.25) is 0 Å². The quantitative estimate of drug-likeness (QED) is 0.0905. The Morgan fingerprint density at radius 3 is 1.25 bits per heavy atom. The molecule has 1 fully saturated rings. The van der Waals surface area contributed by atoms with Gasteiger partial charge in [-0.25, -0.2) is 9.59 Å². The van der Waals surface area contributed by atoms with Crippen LogP contribution in [0.5, 0.6) is 0 Å². The fraction of sp³-hybridized carbons (Fsp3) is 0.667. The van der Waals surface area contributed by atoms with Crippen molar-refractivity contribution < 1.29 is 76.3 Å². The third-order valence-corrected chi connectivity index (χ3v) is 8.68. The molecule has 1 aliphatic carbocycles. The van der Waals surface area contributed by atoms with Crippen LogP contribution in [0.25, 0.3) is 0 Å². The Balaban J connectivity index is 0.00000100. The monoisotopic (exact) mass is 742 g/mol.